The molecule has 5 heterocycles. The summed E-state index contributed by atoms with van der Waals surface area (Å²) < 4.78 is 66.9. The van der Waals surface area contributed by atoms with Crippen LogP contribution in [-0.4, -0.2) is 255 Å². The van der Waals surface area contributed by atoms with E-state index in [-0.39, 0.29) is 164 Å². The summed E-state index contributed by atoms with van der Waals surface area (Å²) in [6.07, 6.45) is -8.50. The highest BCUT2D eigenvalue weighted by Crippen LogP contribution is 2.47. The van der Waals surface area contributed by atoms with Gasteiger partial charge in [-0.2, -0.15) is 5.48 Å². The topological polar surface area (TPSA) is 451 Å². The van der Waals surface area contributed by atoms with Crippen molar-refractivity contribution in [1.29, 1.82) is 0 Å². The Bertz CT molecular complexity index is 4900. The van der Waals surface area contributed by atoms with E-state index in [1.807, 2.05) is 73.7 Å². The lowest BCUT2D eigenvalue weighted by molar-refractivity contribution is -0.335. The number of allylic oxidation sites excluding steroid dienone is 2. The Morgan fingerprint density at radius 1 is 0.782 bits per heavy atom. The first-order chi connectivity index (χ1) is 63.3. The van der Waals surface area contributed by atoms with Crippen molar-refractivity contribution in [2.45, 2.75) is 286 Å². The number of anilines is 1. The average Bonchev–Trinajstić information content (AvgIpc) is 0.859. The van der Waals surface area contributed by atoms with Crippen molar-refractivity contribution in [2.24, 2.45) is 17.8 Å². The smallest absolute Gasteiger partial charge is 0.407 e. The van der Waals surface area contributed by atoms with Crippen LogP contribution in [0.25, 0.3) is 0 Å². The number of amides is 5. The monoisotopic (exact) mass is 2020 g/mol. The van der Waals surface area contributed by atoms with Crippen molar-refractivity contribution < 1.29 is 135 Å². The number of nitrogens with zero attached hydrogens (tertiary/aromatic N) is 1. The fraction of sp³-hybridized carbons (Fsp3) is 0.573. The van der Waals surface area contributed by atoms with E-state index < -0.39 is 162 Å². The van der Waals surface area contributed by atoms with Crippen LogP contribution in [0.5, 0.6) is 11.5 Å². The van der Waals surface area contributed by atoms with Crippen molar-refractivity contribution in [3.05, 3.63) is 133 Å². The third-order valence-corrected chi connectivity index (χ3v) is 30.1. The van der Waals surface area contributed by atoms with Crippen molar-refractivity contribution >= 4 is 126 Å². The van der Waals surface area contributed by atoms with Crippen molar-refractivity contribution in [3.63, 3.8) is 0 Å². The summed E-state index contributed by atoms with van der Waals surface area (Å²) in [6, 6.07) is 13.8. The number of halogens is 1. The number of hydrogen-bond acceptors (Lipinski definition) is 32. The molecule has 33 nitrogen and oxygen atoms in total. The van der Waals surface area contributed by atoms with E-state index in [1.54, 1.807) is 71.9 Å². The molecule has 3 aromatic rings. The Morgan fingerprint density at radius 2 is 1.50 bits per heavy atom. The van der Waals surface area contributed by atoms with Crippen LogP contribution in [0.15, 0.2) is 102 Å². The van der Waals surface area contributed by atoms with Gasteiger partial charge in [0.25, 0.3) is 11.8 Å². The van der Waals surface area contributed by atoms with Gasteiger partial charge in [0.2, 0.25) is 23.2 Å². The molecule has 17 unspecified atom stereocenters. The summed E-state index contributed by atoms with van der Waals surface area (Å²) in [6.45, 7) is 17.8. The summed E-state index contributed by atoms with van der Waals surface area (Å²) in [7, 11) is 6.79. The highest BCUT2D eigenvalue weighted by atomic mass is 127. The van der Waals surface area contributed by atoms with Crippen LogP contribution in [0, 0.1) is 58.9 Å². The van der Waals surface area contributed by atoms with Crippen molar-refractivity contribution in [1.82, 2.24) is 21.0 Å². The molecule has 4 fully saturated rings. The number of unbranched alkanes of at least 4 members (excludes halogenated alkanes) is 2. The lowest BCUT2D eigenvalue weighted by Crippen LogP contribution is -2.64. The van der Waals surface area contributed by atoms with Gasteiger partial charge in [-0.05, 0) is 163 Å². The van der Waals surface area contributed by atoms with E-state index in [9.17, 15) is 78.3 Å². The molecule has 9 N–H and O–H groups in total. The SMILES string of the molecule is COC(=O)CC1=C2/C(=C\CSSC(C)(C)CCC(=O)CCCNC(=O)OCc3ccc(NC(=O)[C@H](C)CC(=O)[C@H](Cc4ccccc4)NC(=O)CCCCCN4C(=O)C=CC4=O)cc3)[C@](O)(C#C/C=C\C#C[C@@H]2OC2OC(C)C(NOC3CC(O)C(SC(=O)c4c(C)c(I)c(OC5OC(C)C(O)C(OC)C5O)c(C)c4OC)C(C)O3)C(O)C2OC2CC(C)C(CC(C)=O)CO2)CC1=O. The van der Waals surface area contributed by atoms with Gasteiger partial charge < -0.3 is 98.4 Å². The number of Topliss-reactive ketones (excluding diaryl/α,β-unsaturated/α-hetero) is 4. The van der Waals surface area contributed by atoms with Gasteiger partial charge in [-0.25, -0.2) is 4.79 Å². The summed E-state index contributed by atoms with van der Waals surface area (Å²) in [5.41, 5.74) is 3.73. The fourth-order valence-corrected chi connectivity index (χ4v) is 20.9. The van der Waals surface area contributed by atoms with Crippen LogP contribution in [-0.2, 0) is 104 Å². The Labute approximate surface area is 800 Å². The third kappa shape index (κ3) is 29.4. The first-order valence-corrected chi connectivity index (χ1v) is 48.9. The standard InChI is InChI=1S/C96H122IN5O28S3/c1-52-44-76(122-51-62(52)45-54(3)103)128-88-83(113)81(101-130-77-48-69(106)89(59(8)124-77)132-91(116)78-55(4)80(97)86(56(5)85(78)120-12)129-92-84(114)87(121-13)82(112)58(7)126-92)57(6)125-93(88)127-71-28-20-14-15-22-38-96(118)49-70(107)65(47-75(111)119-11)79(71)66(96)37-42-131-133-95(9,10)39-36-64(104)27-24-40-98-94(117)123-50-61-30-32-63(33-31-61)99-90(115)53(2)43-68(105)67(46-60-25-18-16-19-26-60)100-72(108)29-21-17-23-41-102-73(109)34-35-74(102)110/h14-16,18-19,25-26,30-35,37,52-53,57-59,62,67,69,71,76-77,81-84,87-89,92-93,101,106,112-114,118H,17,21,23-24,27,29,36,39-51H2,1-13H3,(H,98,117)(H,99,115)(H,100,108)/b15-14-,66-37+/t52?,53-,57?,58?,59?,62?,67+,69?,71+,76?,77?,81?,82?,83?,84?,87?,88?,89?,92?,93?,96+/m1/s1. The number of ketones is 4. The molecule has 7 aliphatic rings. The van der Waals surface area contributed by atoms with Gasteiger partial charge >= 0.3 is 12.1 Å². The van der Waals surface area contributed by atoms with Crippen LogP contribution in [0.2, 0.25) is 0 Å². The largest absolute Gasteiger partial charge is 0.496 e. The lowest BCUT2D eigenvalue weighted by Gasteiger charge is -2.46. The first kappa shape index (κ1) is 107. The van der Waals surface area contributed by atoms with Crippen molar-refractivity contribution in [2.75, 3.05) is 52.1 Å². The molecular weight excluding hydrogens is 1890 g/mol. The summed E-state index contributed by atoms with van der Waals surface area (Å²) in [4.78, 5) is 153. The van der Waals surface area contributed by atoms with E-state index in [0.29, 0.717) is 58.1 Å². The molecule has 0 saturated carbocycles. The molecule has 5 amide bonds. The van der Waals surface area contributed by atoms with Crippen LogP contribution >= 0.6 is 55.9 Å². The number of aliphatic hydroxyl groups is 5. The zero-order valence-electron chi connectivity index (χ0n) is 76.9. The molecule has 5 aliphatic heterocycles. The summed E-state index contributed by atoms with van der Waals surface area (Å²) in [5.74, 6) is 7.99. The number of thioether (sulfide) groups is 1. The minimum Gasteiger partial charge on any atom is -0.496 e. The second kappa shape index (κ2) is 50.2. The number of esters is 1. The number of benzene rings is 3. The molecule has 0 radical (unpaired) electrons. The van der Waals surface area contributed by atoms with Gasteiger partial charge in [-0.15, -0.1) is 0 Å². The number of hydroxylamine groups is 1. The van der Waals surface area contributed by atoms with E-state index >= 15 is 0 Å². The number of nitrogens with one attached hydrogen (secondary N) is 4. The van der Waals surface area contributed by atoms with E-state index in [4.69, 9.17) is 56.9 Å². The van der Waals surface area contributed by atoms with Gasteiger partial charge in [0.15, 0.2) is 36.0 Å². The maximum atomic E-state index is 14.6. The van der Waals surface area contributed by atoms with Gasteiger partial charge in [0, 0.05) is 122 Å². The number of aliphatic hydroxyl groups excluding tert-OH is 4. The van der Waals surface area contributed by atoms with Crippen LogP contribution in [0.4, 0.5) is 10.5 Å². The average molecular weight is 2020 g/mol. The molecule has 0 spiro atoms. The highest BCUT2D eigenvalue weighted by Gasteiger charge is 2.52. The molecule has 133 heavy (non-hydrogen) atoms. The molecule has 4 saturated heterocycles. The maximum Gasteiger partial charge on any atom is 0.407 e. The fourth-order valence-electron chi connectivity index (χ4n) is 16.5. The predicted octanol–water partition coefficient (Wildman–Crippen LogP) is 9.29. The zero-order chi connectivity index (χ0) is 96.7. The number of carbonyl (C=O) groups is 11. The molecule has 3 aromatic carbocycles. The number of fused-ring (bicyclic) bond motifs is 2. The van der Waals surface area contributed by atoms with Gasteiger partial charge in [0.05, 0.1) is 84.6 Å². The van der Waals surface area contributed by atoms with Crippen LogP contribution < -0.4 is 30.9 Å². The molecule has 2 bridgehead atoms. The number of methoxy groups -OCH3 is 3. The predicted molar refractivity (Wildman–Crippen MR) is 501 cm³/mol. The number of imide groups is 1. The van der Waals surface area contributed by atoms with E-state index in [2.05, 4.69) is 45.1 Å². The second-order valence-electron chi connectivity index (χ2n) is 34.9. The van der Waals surface area contributed by atoms with Gasteiger partial charge in [-0.1, -0.05) is 126 Å². The quantitative estimate of drug-likeness (QED) is 0.00484. The number of carbonyl (C=O) groups excluding carboxylic acids is 11. The number of rotatable bonds is 44. The first-order valence-electron chi connectivity index (χ1n) is 44.6. The maximum absolute atomic E-state index is 14.6. The van der Waals surface area contributed by atoms with E-state index in [1.165, 1.54) is 74.1 Å². The summed E-state index contributed by atoms with van der Waals surface area (Å²) in [5, 5.41) is 66.2. The minimum absolute atomic E-state index is 0.00427. The molecule has 10 rings (SSSR count). The Hall–Kier alpha value is -8.27. The van der Waals surface area contributed by atoms with E-state index in [0.717, 1.165) is 22.2 Å². The third-order valence-electron chi connectivity index (χ3n) is 24.2. The zero-order valence-corrected chi connectivity index (χ0v) is 81.6. The Balaban J connectivity index is 0.721. The minimum atomic E-state index is -2.18. The summed E-state index contributed by atoms with van der Waals surface area (Å²) >= 11 is 2.89. The van der Waals surface area contributed by atoms with Gasteiger partial charge in [-0.3, -0.25) is 52.9 Å². The Kier molecular flexibility index (Phi) is 40.3. The molecular formula is C96H122IN5O28S3. The number of hydrogen-bond donors (Lipinski definition) is 9. The Morgan fingerprint density at radius 3 is 2.18 bits per heavy atom. The molecule has 724 valence electrons. The lowest BCUT2D eigenvalue weighted by atomic mass is 9.72. The highest BCUT2D eigenvalue weighted by molar-refractivity contribution is 14.1. The molecule has 0 aromatic heterocycles. The number of alkyl carbamates (subject to hydrolysis) is 1. The molecule has 21 atom stereocenters. The normalized spacial score (nSPS) is 27.9. The molecule has 37 heteroatoms. The van der Waals surface area contributed by atoms with Crippen LogP contribution in [0.3, 0.4) is 0 Å². The second-order valence-corrected chi connectivity index (χ2v) is 40.2. The van der Waals surface area contributed by atoms with Crippen molar-refractivity contribution in [3.8, 4) is 35.2 Å². The molecule has 2 aliphatic carbocycles. The van der Waals surface area contributed by atoms with Crippen LogP contribution in [0.1, 0.15) is 178 Å². The number of ether oxygens (including phenoxy) is 11. The van der Waals surface area contributed by atoms with Gasteiger partial charge in [0.1, 0.15) is 66.3 Å².